The van der Waals surface area contributed by atoms with Gasteiger partial charge in [0, 0.05) is 0 Å². The molecule has 0 unspecified atom stereocenters. The molecule has 0 aliphatic heterocycles. The number of thiophene rings is 1. The first-order valence-corrected chi connectivity index (χ1v) is 6.12. The fraction of sp³-hybridized carbons (Fsp3) is 0.0769. The maximum absolute atomic E-state index is 11.8. The van der Waals surface area contributed by atoms with Crippen molar-refractivity contribution in [2.45, 2.75) is 0 Å². The molecule has 1 N–H and O–H groups in total. The molecule has 1 heterocycles. The largest absolute Gasteiger partial charge is 0.495 e. The molecule has 18 heavy (non-hydrogen) atoms. The van der Waals surface area contributed by atoms with Crippen molar-refractivity contribution in [1.29, 1.82) is 0 Å². The maximum atomic E-state index is 11.8. The summed E-state index contributed by atoms with van der Waals surface area (Å²) in [4.78, 5) is 24.0. The van der Waals surface area contributed by atoms with Crippen molar-refractivity contribution in [3.8, 4) is 5.75 Å². The lowest BCUT2D eigenvalue weighted by Crippen LogP contribution is -2.22. The molecule has 0 bridgehead atoms. The molecule has 5 heteroatoms. The van der Waals surface area contributed by atoms with Gasteiger partial charge in [-0.25, -0.2) is 0 Å². The number of ketones is 1. The highest BCUT2D eigenvalue weighted by molar-refractivity contribution is 7.13. The Kier molecular flexibility index (Phi) is 3.74. The first-order chi connectivity index (χ1) is 8.72. The van der Waals surface area contributed by atoms with Crippen molar-refractivity contribution >= 4 is 28.7 Å². The SMILES string of the molecule is COc1ccccc1NC(=O)C(=O)c1cccs1. The number of ether oxygens (including phenoxy) is 1. The number of para-hydroxylation sites is 2. The molecule has 0 radical (unpaired) electrons. The molecular weight excluding hydrogens is 250 g/mol. The lowest BCUT2D eigenvalue weighted by Gasteiger charge is -2.08. The summed E-state index contributed by atoms with van der Waals surface area (Å²) in [6, 6.07) is 10.3. The van der Waals surface area contributed by atoms with Crippen LogP contribution in [0.3, 0.4) is 0 Å². The smallest absolute Gasteiger partial charge is 0.297 e. The van der Waals surface area contributed by atoms with Crippen LogP contribution in [-0.2, 0) is 4.79 Å². The molecule has 0 saturated heterocycles. The van der Waals surface area contributed by atoms with Crippen LogP contribution in [0, 0.1) is 0 Å². The second-order valence-electron chi connectivity index (χ2n) is 3.46. The number of hydrogen-bond acceptors (Lipinski definition) is 4. The van der Waals surface area contributed by atoms with Crippen molar-refractivity contribution in [2.24, 2.45) is 0 Å². The van der Waals surface area contributed by atoms with Crippen molar-refractivity contribution in [1.82, 2.24) is 0 Å². The Labute approximate surface area is 108 Å². The molecule has 0 aliphatic carbocycles. The molecule has 2 rings (SSSR count). The fourth-order valence-corrected chi connectivity index (χ4v) is 2.11. The van der Waals surface area contributed by atoms with Crippen LogP contribution in [0.15, 0.2) is 41.8 Å². The normalized spacial score (nSPS) is 9.83. The predicted octanol–water partition coefficient (Wildman–Crippen LogP) is 2.58. The molecule has 92 valence electrons. The molecule has 1 amide bonds. The Hall–Kier alpha value is -2.14. The van der Waals surface area contributed by atoms with Gasteiger partial charge in [0.1, 0.15) is 5.75 Å². The van der Waals surface area contributed by atoms with E-state index in [2.05, 4.69) is 5.32 Å². The first kappa shape index (κ1) is 12.3. The van der Waals surface area contributed by atoms with E-state index < -0.39 is 11.7 Å². The first-order valence-electron chi connectivity index (χ1n) is 5.24. The number of hydrogen-bond donors (Lipinski definition) is 1. The summed E-state index contributed by atoms with van der Waals surface area (Å²) >= 11 is 1.24. The maximum Gasteiger partial charge on any atom is 0.297 e. The van der Waals surface area contributed by atoms with Crippen LogP contribution in [0.25, 0.3) is 0 Å². The second-order valence-corrected chi connectivity index (χ2v) is 4.41. The highest BCUT2D eigenvalue weighted by Crippen LogP contribution is 2.23. The van der Waals surface area contributed by atoms with Crippen LogP contribution in [0.4, 0.5) is 5.69 Å². The average molecular weight is 261 g/mol. The van der Waals surface area contributed by atoms with Gasteiger partial charge in [-0.1, -0.05) is 18.2 Å². The molecule has 0 fully saturated rings. The van der Waals surface area contributed by atoms with Crippen molar-refractivity contribution in [3.05, 3.63) is 46.7 Å². The van der Waals surface area contributed by atoms with Gasteiger partial charge in [0.25, 0.3) is 11.7 Å². The zero-order valence-corrected chi connectivity index (χ0v) is 10.5. The third-order valence-corrected chi connectivity index (χ3v) is 3.18. The van der Waals surface area contributed by atoms with Gasteiger partial charge in [-0.3, -0.25) is 9.59 Å². The van der Waals surface area contributed by atoms with Crippen LogP contribution in [-0.4, -0.2) is 18.8 Å². The van der Waals surface area contributed by atoms with Crippen LogP contribution < -0.4 is 10.1 Å². The van der Waals surface area contributed by atoms with E-state index >= 15 is 0 Å². The number of nitrogens with one attached hydrogen (secondary N) is 1. The molecule has 0 spiro atoms. The van der Waals surface area contributed by atoms with Gasteiger partial charge in [0.2, 0.25) is 0 Å². The Morgan fingerprint density at radius 2 is 1.94 bits per heavy atom. The summed E-state index contributed by atoms with van der Waals surface area (Å²) < 4.78 is 5.09. The molecule has 0 saturated carbocycles. The zero-order chi connectivity index (χ0) is 13.0. The molecule has 4 nitrogen and oxygen atoms in total. The van der Waals surface area contributed by atoms with Gasteiger partial charge >= 0.3 is 0 Å². The van der Waals surface area contributed by atoms with E-state index in [-0.39, 0.29) is 0 Å². The number of rotatable bonds is 4. The minimum atomic E-state index is -0.665. The third-order valence-electron chi connectivity index (χ3n) is 2.31. The van der Waals surface area contributed by atoms with Crippen LogP contribution in [0.5, 0.6) is 5.75 Å². The Morgan fingerprint density at radius 3 is 2.61 bits per heavy atom. The number of benzene rings is 1. The zero-order valence-electron chi connectivity index (χ0n) is 9.67. The van der Waals surface area contributed by atoms with E-state index in [0.717, 1.165) is 0 Å². The van der Waals surface area contributed by atoms with Crippen LogP contribution in [0.2, 0.25) is 0 Å². The van der Waals surface area contributed by atoms with E-state index in [4.69, 9.17) is 4.74 Å². The van der Waals surface area contributed by atoms with Crippen LogP contribution >= 0.6 is 11.3 Å². The molecule has 0 aliphatic rings. The van der Waals surface area contributed by atoms with Crippen molar-refractivity contribution in [3.63, 3.8) is 0 Å². The third kappa shape index (κ3) is 2.57. The van der Waals surface area contributed by atoms with E-state index in [1.165, 1.54) is 18.4 Å². The monoisotopic (exact) mass is 261 g/mol. The summed E-state index contributed by atoms with van der Waals surface area (Å²) in [6.07, 6.45) is 0. The number of amides is 1. The standard InChI is InChI=1S/C13H11NO3S/c1-17-10-6-3-2-5-9(10)14-13(16)12(15)11-7-4-8-18-11/h2-8H,1H3,(H,14,16). The summed E-state index contributed by atoms with van der Waals surface area (Å²) in [5.41, 5.74) is 0.481. The number of carbonyl (C=O) groups is 2. The van der Waals surface area contributed by atoms with Gasteiger partial charge in [-0.2, -0.15) is 0 Å². The van der Waals surface area contributed by atoms with Gasteiger partial charge in [0.15, 0.2) is 0 Å². The molecule has 1 aromatic heterocycles. The minimum Gasteiger partial charge on any atom is -0.495 e. The minimum absolute atomic E-state index is 0.419. The quantitative estimate of drug-likeness (QED) is 0.679. The van der Waals surface area contributed by atoms with Crippen molar-refractivity contribution in [2.75, 3.05) is 12.4 Å². The summed E-state index contributed by atoms with van der Waals surface area (Å²) in [7, 11) is 1.51. The van der Waals surface area contributed by atoms with Crippen molar-refractivity contribution < 1.29 is 14.3 Å². The van der Waals surface area contributed by atoms with E-state index in [1.54, 1.807) is 41.8 Å². The van der Waals surface area contributed by atoms with Gasteiger partial charge in [-0.15, -0.1) is 11.3 Å². The van der Waals surface area contributed by atoms with E-state index in [9.17, 15) is 9.59 Å². The van der Waals surface area contributed by atoms with E-state index in [0.29, 0.717) is 16.3 Å². The van der Waals surface area contributed by atoms with Gasteiger partial charge in [0.05, 0.1) is 17.7 Å². The van der Waals surface area contributed by atoms with E-state index in [1.807, 2.05) is 0 Å². The molecular formula is C13H11NO3S. The molecule has 1 aromatic carbocycles. The Morgan fingerprint density at radius 1 is 1.17 bits per heavy atom. The lowest BCUT2D eigenvalue weighted by atomic mass is 10.2. The Balaban J connectivity index is 2.14. The second kappa shape index (κ2) is 5.46. The average Bonchev–Trinajstić information content (AvgIpc) is 2.92. The van der Waals surface area contributed by atoms with Gasteiger partial charge in [-0.05, 0) is 23.6 Å². The van der Waals surface area contributed by atoms with Gasteiger partial charge < -0.3 is 10.1 Å². The molecule has 0 atom stereocenters. The number of anilines is 1. The summed E-state index contributed by atoms with van der Waals surface area (Å²) in [5, 5.41) is 4.30. The Bertz CT molecular complexity index is 563. The lowest BCUT2D eigenvalue weighted by molar-refractivity contribution is -0.112. The number of methoxy groups -OCH3 is 1. The number of carbonyl (C=O) groups excluding carboxylic acids is 2. The highest BCUT2D eigenvalue weighted by Gasteiger charge is 2.18. The summed E-state index contributed by atoms with van der Waals surface area (Å²) in [6.45, 7) is 0. The number of Topliss-reactive ketones (excluding diaryl/α,β-unsaturated/α-hetero) is 1. The fourth-order valence-electron chi connectivity index (χ4n) is 1.45. The summed E-state index contributed by atoms with van der Waals surface area (Å²) in [5.74, 6) is -0.692. The predicted molar refractivity (Wildman–Crippen MR) is 70.3 cm³/mol. The highest BCUT2D eigenvalue weighted by atomic mass is 32.1. The topological polar surface area (TPSA) is 55.4 Å². The molecule has 2 aromatic rings. The van der Waals surface area contributed by atoms with Crippen LogP contribution in [0.1, 0.15) is 9.67 Å².